The number of likely N-dealkylation sites (tertiary alicyclic amines) is 1. The second-order valence-electron chi connectivity index (χ2n) is 8.30. The lowest BCUT2D eigenvalue weighted by Gasteiger charge is -2.21. The van der Waals surface area contributed by atoms with E-state index < -0.39 is 0 Å². The number of carbonyl (C=O) groups is 1. The molecular formula is C21H36IN5O. The van der Waals surface area contributed by atoms with E-state index in [2.05, 4.69) is 56.2 Å². The molecule has 0 spiro atoms. The first-order valence-corrected chi connectivity index (χ1v) is 9.87. The Morgan fingerprint density at radius 3 is 2.57 bits per heavy atom. The smallest absolute Gasteiger partial charge is 0.239 e. The maximum atomic E-state index is 11.9. The van der Waals surface area contributed by atoms with Gasteiger partial charge in [0.2, 0.25) is 5.91 Å². The van der Waals surface area contributed by atoms with Gasteiger partial charge in [0.05, 0.1) is 6.54 Å². The average molecular weight is 501 g/mol. The quantitative estimate of drug-likeness (QED) is 0.305. The van der Waals surface area contributed by atoms with E-state index in [9.17, 15) is 4.79 Å². The van der Waals surface area contributed by atoms with Crippen LogP contribution in [0.3, 0.4) is 0 Å². The van der Waals surface area contributed by atoms with Crippen molar-refractivity contribution in [1.29, 1.82) is 0 Å². The molecule has 0 bridgehead atoms. The fourth-order valence-corrected chi connectivity index (χ4v) is 3.30. The highest BCUT2D eigenvalue weighted by molar-refractivity contribution is 14.0. The summed E-state index contributed by atoms with van der Waals surface area (Å²) in [5.74, 6) is 1.27. The number of benzene rings is 1. The molecule has 1 amide bonds. The van der Waals surface area contributed by atoms with Crippen LogP contribution in [0.1, 0.15) is 32.8 Å². The Labute approximate surface area is 187 Å². The van der Waals surface area contributed by atoms with Gasteiger partial charge in [-0.15, -0.1) is 24.0 Å². The van der Waals surface area contributed by atoms with Gasteiger partial charge in [-0.2, -0.15) is 0 Å². The van der Waals surface area contributed by atoms with E-state index in [1.54, 1.807) is 7.05 Å². The predicted octanol–water partition coefficient (Wildman–Crippen LogP) is 2.25. The third-order valence-corrected chi connectivity index (χ3v) is 4.64. The molecule has 1 aromatic rings. The van der Waals surface area contributed by atoms with Crippen molar-refractivity contribution in [3.63, 3.8) is 0 Å². The molecule has 1 heterocycles. The van der Waals surface area contributed by atoms with Gasteiger partial charge in [-0.05, 0) is 51.6 Å². The molecule has 158 valence electrons. The minimum atomic E-state index is -0.219. The van der Waals surface area contributed by atoms with Gasteiger partial charge >= 0.3 is 0 Å². The number of amides is 1. The zero-order valence-electron chi connectivity index (χ0n) is 17.6. The zero-order chi connectivity index (χ0) is 19.7. The zero-order valence-corrected chi connectivity index (χ0v) is 20.0. The number of nitrogens with zero attached hydrogens (tertiary/aromatic N) is 2. The second-order valence-corrected chi connectivity index (χ2v) is 8.30. The lowest BCUT2D eigenvalue weighted by atomic mass is 10.1. The molecular weight excluding hydrogens is 465 g/mol. The van der Waals surface area contributed by atoms with Crippen LogP contribution in [-0.2, 0) is 11.2 Å². The number of aliphatic imine (C=N–C) groups is 1. The minimum Gasteiger partial charge on any atom is -0.356 e. The summed E-state index contributed by atoms with van der Waals surface area (Å²) in [5, 5.41) is 9.38. The summed E-state index contributed by atoms with van der Waals surface area (Å²) in [4.78, 5) is 18.7. The Balaban J connectivity index is 0.00000392. The van der Waals surface area contributed by atoms with Crippen molar-refractivity contribution in [1.82, 2.24) is 20.9 Å². The molecule has 1 atom stereocenters. The molecule has 1 saturated heterocycles. The van der Waals surface area contributed by atoms with Gasteiger partial charge < -0.3 is 20.9 Å². The normalized spacial score (nSPS) is 17.7. The van der Waals surface area contributed by atoms with Gasteiger partial charge in [-0.3, -0.25) is 9.79 Å². The van der Waals surface area contributed by atoms with E-state index in [1.165, 1.54) is 12.0 Å². The van der Waals surface area contributed by atoms with Crippen molar-refractivity contribution in [3.05, 3.63) is 35.9 Å². The molecule has 1 aliphatic heterocycles. The van der Waals surface area contributed by atoms with Gasteiger partial charge in [0, 0.05) is 32.2 Å². The van der Waals surface area contributed by atoms with E-state index >= 15 is 0 Å². The van der Waals surface area contributed by atoms with Crippen LogP contribution in [0.5, 0.6) is 0 Å². The van der Waals surface area contributed by atoms with Crippen LogP contribution in [-0.4, -0.2) is 62.1 Å². The molecule has 1 aliphatic rings. The van der Waals surface area contributed by atoms with Gasteiger partial charge in [0.15, 0.2) is 5.96 Å². The Morgan fingerprint density at radius 2 is 1.93 bits per heavy atom. The van der Waals surface area contributed by atoms with E-state index in [0.29, 0.717) is 11.9 Å². The highest BCUT2D eigenvalue weighted by atomic mass is 127. The number of carbonyl (C=O) groups excluding carboxylic acids is 1. The third-order valence-electron chi connectivity index (χ3n) is 4.64. The van der Waals surface area contributed by atoms with E-state index in [0.717, 1.165) is 32.6 Å². The highest BCUT2D eigenvalue weighted by Crippen LogP contribution is 2.15. The number of halogens is 1. The second kappa shape index (κ2) is 12.3. The summed E-state index contributed by atoms with van der Waals surface area (Å²) in [6, 6.07) is 10.7. The van der Waals surface area contributed by atoms with Crippen LogP contribution in [0.4, 0.5) is 0 Å². The number of nitrogens with one attached hydrogen (secondary N) is 3. The monoisotopic (exact) mass is 501 g/mol. The number of hydrogen-bond acceptors (Lipinski definition) is 3. The standard InChI is InChI=1S/C21H35N5O.HI/c1-21(2,3)25-19(27)15-24-20(22-4)23-14-18-11-13-26(16-18)12-10-17-8-6-5-7-9-17;/h5-9,18H,10-16H2,1-4H3,(H,25,27)(H2,22,23,24);1H. The number of guanidine groups is 1. The summed E-state index contributed by atoms with van der Waals surface area (Å²) in [6.07, 6.45) is 2.30. The average Bonchev–Trinajstić information content (AvgIpc) is 3.07. The number of hydrogen-bond donors (Lipinski definition) is 3. The highest BCUT2D eigenvalue weighted by Gasteiger charge is 2.22. The summed E-state index contributed by atoms with van der Waals surface area (Å²) in [6.45, 7) is 10.4. The molecule has 7 heteroatoms. The first kappa shape index (κ1) is 24.7. The van der Waals surface area contributed by atoms with Crippen molar-refractivity contribution >= 4 is 35.8 Å². The largest absolute Gasteiger partial charge is 0.356 e. The lowest BCUT2D eigenvalue weighted by Crippen LogP contribution is -2.48. The molecule has 28 heavy (non-hydrogen) atoms. The molecule has 1 fully saturated rings. The van der Waals surface area contributed by atoms with Crippen molar-refractivity contribution in [2.24, 2.45) is 10.9 Å². The third kappa shape index (κ3) is 9.73. The van der Waals surface area contributed by atoms with Crippen LogP contribution in [0, 0.1) is 5.92 Å². The molecule has 2 rings (SSSR count). The maximum Gasteiger partial charge on any atom is 0.239 e. The molecule has 0 aromatic heterocycles. The van der Waals surface area contributed by atoms with Gasteiger partial charge in [0.25, 0.3) is 0 Å². The predicted molar refractivity (Wildman–Crippen MR) is 127 cm³/mol. The van der Waals surface area contributed by atoms with Gasteiger partial charge in [-0.1, -0.05) is 30.3 Å². The molecule has 1 aromatic carbocycles. The summed E-state index contributed by atoms with van der Waals surface area (Å²) in [7, 11) is 1.73. The van der Waals surface area contributed by atoms with E-state index in [4.69, 9.17) is 0 Å². The topological polar surface area (TPSA) is 68.8 Å². The van der Waals surface area contributed by atoms with Gasteiger partial charge in [0.1, 0.15) is 0 Å². The van der Waals surface area contributed by atoms with Crippen LogP contribution < -0.4 is 16.0 Å². The SMILES string of the molecule is CN=C(NCC(=O)NC(C)(C)C)NCC1CCN(CCc2ccccc2)C1.I. The Morgan fingerprint density at radius 1 is 1.21 bits per heavy atom. The summed E-state index contributed by atoms with van der Waals surface area (Å²) < 4.78 is 0. The van der Waals surface area contributed by atoms with Crippen LogP contribution in [0.2, 0.25) is 0 Å². The van der Waals surface area contributed by atoms with Crippen molar-refractivity contribution in [2.75, 3.05) is 39.8 Å². The molecule has 0 saturated carbocycles. The Hall–Kier alpha value is -1.35. The fraction of sp³-hybridized carbons (Fsp3) is 0.619. The molecule has 0 radical (unpaired) electrons. The summed E-state index contributed by atoms with van der Waals surface area (Å²) >= 11 is 0. The van der Waals surface area contributed by atoms with Crippen molar-refractivity contribution < 1.29 is 4.79 Å². The molecule has 3 N–H and O–H groups in total. The van der Waals surface area contributed by atoms with Crippen LogP contribution >= 0.6 is 24.0 Å². The minimum absolute atomic E-state index is 0. The molecule has 6 nitrogen and oxygen atoms in total. The Bertz CT molecular complexity index is 615. The van der Waals surface area contributed by atoms with Crippen molar-refractivity contribution in [2.45, 2.75) is 39.2 Å². The van der Waals surface area contributed by atoms with E-state index in [-0.39, 0.29) is 42.0 Å². The molecule has 1 unspecified atom stereocenters. The first-order chi connectivity index (χ1) is 12.9. The summed E-state index contributed by atoms with van der Waals surface area (Å²) in [5.41, 5.74) is 1.18. The molecule has 0 aliphatic carbocycles. The van der Waals surface area contributed by atoms with E-state index in [1.807, 2.05) is 20.8 Å². The van der Waals surface area contributed by atoms with Crippen molar-refractivity contribution in [3.8, 4) is 0 Å². The van der Waals surface area contributed by atoms with Crippen LogP contribution in [0.15, 0.2) is 35.3 Å². The Kier molecular flexibility index (Phi) is 10.8. The maximum absolute atomic E-state index is 11.9. The number of rotatable bonds is 7. The van der Waals surface area contributed by atoms with Gasteiger partial charge in [-0.25, -0.2) is 0 Å². The lowest BCUT2D eigenvalue weighted by molar-refractivity contribution is -0.121. The van der Waals surface area contributed by atoms with Crippen LogP contribution in [0.25, 0.3) is 0 Å². The fourth-order valence-electron chi connectivity index (χ4n) is 3.30. The first-order valence-electron chi connectivity index (χ1n) is 9.87.